The van der Waals surface area contributed by atoms with Crippen LogP contribution < -0.4 is 0 Å². The van der Waals surface area contributed by atoms with Gasteiger partial charge in [-0.05, 0) is 13.8 Å². The van der Waals surface area contributed by atoms with Gasteiger partial charge in [-0.25, -0.2) is 4.98 Å². The van der Waals surface area contributed by atoms with Crippen LogP contribution in [0.25, 0.3) is 0 Å². The molecule has 0 aromatic carbocycles. The van der Waals surface area contributed by atoms with Gasteiger partial charge in [-0.3, -0.25) is 9.80 Å². The Hall–Kier alpha value is -1.77. The Morgan fingerprint density at radius 3 is 2.75 bits per heavy atom. The maximum atomic E-state index is 5.80. The SMILES string of the molecule is Cc1noc(C2CN(C3CN(Cc4cnc(C)n4C)C3)CCO2)n1. The summed E-state index contributed by atoms with van der Waals surface area (Å²) in [6, 6.07) is 0.578. The number of hydrogen-bond donors (Lipinski definition) is 0. The van der Waals surface area contributed by atoms with Crippen LogP contribution in [0.15, 0.2) is 10.7 Å². The minimum atomic E-state index is -0.103. The molecule has 0 saturated carbocycles. The quantitative estimate of drug-likeness (QED) is 0.815. The first kappa shape index (κ1) is 15.7. The van der Waals surface area contributed by atoms with Crippen LogP contribution in [0, 0.1) is 13.8 Å². The van der Waals surface area contributed by atoms with E-state index in [-0.39, 0.29) is 6.10 Å². The molecule has 4 heterocycles. The third-order valence-electron chi connectivity index (χ3n) is 5.07. The first-order valence-electron chi connectivity index (χ1n) is 8.45. The molecule has 8 nitrogen and oxygen atoms in total. The monoisotopic (exact) mass is 332 g/mol. The molecule has 2 aromatic heterocycles. The van der Waals surface area contributed by atoms with Crippen molar-refractivity contribution in [2.24, 2.45) is 7.05 Å². The van der Waals surface area contributed by atoms with E-state index >= 15 is 0 Å². The van der Waals surface area contributed by atoms with Gasteiger partial charge in [-0.1, -0.05) is 5.16 Å². The Morgan fingerprint density at radius 2 is 2.08 bits per heavy atom. The van der Waals surface area contributed by atoms with E-state index in [4.69, 9.17) is 9.26 Å². The van der Waals surface area contributed by atoms with Crippen molar-refractivity contribution in [1.82, 2.24) is 29.5 Å². The summed E-state index contributed by atoms with van der Waals surface area (Å²) in [6.45, 7) is 9.50. The number of hydrogen-bond acceptors (Lipinski definition) is 7. The van der Waals surface area contributed by atoms with Gasteiger partial charge < -0.3 is 13.8 Å². The van der Waals surface area contributed by atoms with Crippen molar-refractivity contribution in [1.29, 1.82) is 0 Å². The zero-order valence-corrected chi connectivity index (χ0v) is 14.5. The van der Waals surface area contributed by atoms with Gasteiger partial charge in [0, 0.05) is 52.0 Å². The summed E-state index contributed by atoms with van der Waals surface area (Å²) < 4.78 is 13.2. The molecule has 130 valence electrons. The molecule has 0 bridgehead atoms. The minimum absolute atomic E-state index is 0.103. The van der Waals surface area contributed by atoms with E-state index in [0.29, 0.717) is 24.4 Å². The zero-order valence-electron chi connectivity index (χ0n) is 14.5. The summed E-state index contributed by atoms with van der Waals surface area (Å²) in [5.74, 6) is 2.32. The first-order valence-corrected chi connectivity index (χ1v) is 8.45. The summed E-state index contributed by atoms with van der Waals surface area (Å²) in [4.78, 5) is 13.6. The van der Waals surface area contributed by atoms with E-state index in [2.05, 4.69) is 36.5 Å². The lowest BCUT2D eigenvalue weighted by molar-refractivity contribution is -0.0845. The fourth-order valence-corrected chi connectivity index (χ4v) is 3.42. The number of imidazole rings is 1. The Morgan fingerprint density at radius 1 is 1.25 bits per heavy atom. The van der Waals surface area contributed by atoms with Crippen LogP contribution in [0.2, 0.25) is 0 Å². The van der Waals surface area contributed by atoms with Crippen molar-refractivity contribution in [3.05, 3.63) is 29.4 Å². The van der Waals surface area contributed by atoms with E-state index in [1.165, 1.54) is 5.69 Å². The predicted octanol–water partition coefficient (Wildman–Crippen LogP) is 0.678. The summed E-state index contributed by atoms with van der Waals surface area (Å²) in [6.07, 6.45) is 1.87. The Labute approximate surface area is 141 Å². The number of rotatable bonds is 4. The first-order chi connectivity index (χ1) is 11.6. The molecule has 8 heteroatoms. The maximum absolute atomic E-state index is 5.80. The average Bonchev–Trinajstić information content (AvgIpc) is 3.11. The van der Waals surface area contributed by atoms with Gasteiger partial charge in [-0.15, -0.1) is 0 Å². The molecule has 0 spiro atoms. The Balaban J connectivity index is 1.31. The lowest BCUT2D eigenvalue weighted by Gasteiger charge is -2.47. The molecule has 2 aromatic rings. The van der Waals surface area contributed by atoms with Crippen molar-refractivity contribution >= 4 is 0 Å². The van der Waals surface area contributed by atoms with Gasteiger partial charge in [0.15, 0.2) is 5.82 Å². The summed E-state index contributed by atoms with van der Waals surface area (Å²) in [5.41, 5.74) is 1.27. The molecule has 0 radical (unpaired) electrons. The number of aryl methyl sites for hydroxylation is 2. The molecule has 2 fully saturated rings. The van der Waals surface area contributed by atoms with Crippen LogP contribution in [0.3, 0.4) is 0 Å². The number of likely N-dealkylation sites (tertiary alicyclic amines) is 1. The second kappa shape index (κ2) is 6.27. The largest absolute Gasteiger partial charge is 0.366 e. The number of morpholine rings is 1. The highest BCUT2D eigenvalue weighted by Crippen LogP contribution is 2.26. The molecule has 1 atom stereocenters. The van der Waals surface area contributed by atoms with Gasteiger partial charge in [0.1, 0.15) is 11.9 Å². The second-order valence-corrected chi connectivity index (χ2v) is 6.74. The van der Waals surface area contributed by atoms with Crippen LogP contribution in [-0.4, -0.2) is 68.3 Å². The average molecular weight is 332 g/mol. The fourth-order valence-electron chi connectivity index (χ4n) is 3.42. The molecule has 1 unspecified atom stereocenters. The van der Waals surface area contributed by atoms with Crippen molar-refractivity contribution in [3.63, 3.8) is 0 Å². The lowest BCUT2D eigenvalue weighted by Crippen LogP contribution is -2.61. The van der Waals surface area contributed by atoms with Gasteiger partial charge in [0.2, 0.25) is 0 Å². The molecule has 2 aliphatic heterocycles. The standard InChI is InChI=1S/C16H24N6O2/c1-11-18-16(24-19-11)15-10-22(4-5-23-15)14-8-21(9-14)7-13-6-17-12(2)20(13)3/h6,14-15H,4-5,7-10H2,1-3H3. The number of ether oxygens (including phenoxy) is 1. The summed E-state index contributed by atoms with van der Waals surface area (Å²) >= 11 is 0. The van der Waals surface area contributed by atoms with Crippen molar-refractivity contribution in [2.75, 3.05) is 32.8 Å². The second-order valence-electron chi connectivity index (χ2n) is 6.74. The normalized spacial score (nSPS) is 23.5. The van der Waals surface area contributed by atoms with E-state index in [1.807, 2.05) is 20.0 Å². The molecule has 0 amide bonds. The fraction of sp³-hybridized carbons (Fsp3) is 0.688. The minimum Gasteiger partial charge on any atom is -0.366 e. The smallest absolute Gasteiger partial charge is 0.257 e. The van der Waals surface area contributed by atoms with Gasteiger partial charge in [-0.2, -0.15) is 4.98 Å². The van der Waals surface area contributed by atoms with Gasteiger partial charge in [0.05, 0.1) is 12.3 Å². The third-order valence-corrected chi connectivity index (χ3v) is 5.07. The predicted molar refractivity (Wildman–Crippen MR) is 86.3 cm³/mol. The summed E-state index contributed by atoms with van der Waals surface area (Å²) in [7, 11) is 2.08. The maximum Gasteiger partial charge on any atom is 0.257 e. The third kappa shape index (κ3) is 2.97. The molecular formula is C16H24N6O2. The van der Waals surface area contributed by atoms with Crippen LogP contribution in [-0.2, 0) is 18.3 Å². The van der Waals surface area contributed by atoms with E-state index in [9.17, 15) is 0 Å². The Bertz CT molecular complexity index is 705. The highest BCUT2D eigenvalue weighted by Gasteiger charge is 2.36. The number of aromatic nitrogens is 4. The highest BCUT2D eigenvalue weighted by molar-refractivity contribution is 5.05. The molecule has 0 aliphatic carbocycles. The molecule has 4 rings (SSSR count). The van der Waals surface area contributed by atoms with Crippen molar-refractivity contribution in [3.8, 4) is 0 Å². The number of nitrogens with zero attached hydrogens (tertiary/aromatic N) is 6. The van der Waals surface area contributed by atoms with Gasteiger partial charge >= 0.3 is 0 Å². The molecular weight excluding hydrogens is 308 g/mol. The van der Waals surface area contributed by atoms with Crippen molar-refractivity contribution < 1.29 is 9.26 Å². The Kier molecular flexibility index (Phi) is 4.11. The molecule has 2 saturated heterocycles. The lowest BCUT2D eigenvalue weighted by atomic mass is 10.1. The van der Waals surface area contributed by atoms with Crippen molar-refractivity contribution in [2.45, 2.75) is 32.5 Å². The van der Waals surface area contributed by atoms with Crippen LogP contribution in [0.4, 0.5) is 0 Å². The van der Waals surface area contributed by atoms with Crippen LogP contribution in [0.5, 0.6) is 0 Å². The van der Waals surface area contributed by atoms with E-state index in [0.717, 1.165) is 38.5 Å². The molecule has 24 heavy (non-hydrogen) atoms. The zero-order chi connectivity index (χ0) is 16.7. The van der Waals surface area contributed by atoms with Crippen LogP contribution in [0.1, 0.15) is 29.3 Å². The summed E-state index contributed by atoms with van der Waals surface area (Å²) in [5, 5.41) is 3.86. The van der Waals surface area contributed by atoms with E-state index < -0.39 is 0 Å². The van der Waals surface area contributed by atoms with E-state index in [1.54, 1.807) is 0 Å². The van der Waals surface area contributed by atoms with Gasteiger partial charge in [0.25, 0.3) is 5.89 Å². The molecule has 2 aliphatic rings. The highest BCUT2D eigenvalue weighted by atomic mass is 16.5. The molecule has 0 N–H and O–H groups in total. The van der Waals surface area contributed by atoms with Crippen LogP contribution >= 0.6 is 0 Å². The topological polar surface area (TPSA) is 72.5 Å².